The van der Waals surface area contributed by atoms with Gasteiger partial charge < -0.3 is 0 Å². The van der Waals surface area contributed by atoms with Gasteiger partial charge in [0.05, 0.1) is 17.8 Å². The van der Waals surface area contributed by atoms with Gasteiger partial charge in [0.1, 0.15) is 11.4 Å². The number of carbonyl (C=O) groups is 2. The first-order chi connectivity index (χ1) is 17.5. The maximum Gasteiger partial charge on any atom is 0.327 e. The molecule has 1 N–H and O–H groups in total. The van der Waals surface area contributed by atoms with E-state index in [0.717, 1.165) is 11.3 Å². The van der Waals surface area contributed by atoms with E-state index in [9.17, 15) is 18.8 Å². The van der Waals surface area contributed by atoms with E-state index >= 15 is 0 Å². The number of hydrogen-bond acceptors (Lipinski definition) is 3. The van der Waals surface area contributed by atoms with Crippen LogP contribution in [0.2, 0.25) is 0 Å². The van der Waals surface area contributed by atoms with Crippen molar-refractivity contribution in [3.05, 3.63) is 118 Å². The summed E-state index contributed by atoms with van der Waals surface area (Å²) >= 11 is 0. The Hall–Kier alpha value is -4.59. The number of pyridine rings is 1. The summed E-state index contributed by atoms with van der Waals surface area (Å²) < 4.78 is 16.4. The number of aryl methyl sites for hydroxylation is 1. The lowest BCUT2D eigenvalue weighted by Crippen LogP contribution is -2.39. The maximum absolute atomic E-state index is 13.8. The number of nitrogens with zero attached hydrogens (tertiary/aromatic N) is 3. The summed E-state index contributed by atoms with van der Waals surface area (Å²) in [5.41, 5.74) is 1.75. The van der Waals surface area contributed by atoms with Crippen molar-refractivity contribution in [2.75, 3.05) is 0 Å². The number of amides is 2. The Morgan fingerprint density at radius 2 is 1.53 bits per heavy atom. The Morgan fingerprint density at radius 1 is 0.861 bits per heavy atom. The minimum absolute atomic E-state index is 0.0429. The summed E-state index contributed by atoms with van der Waals surface area (Å²) in [6.07, 6.45) is 4.58. The van der Waals surface area contributed by atoms with E-state index in [1.165, 1.54) is 28.9 Å². The monoisotopic (exact) mass is 483 g/mol. The zero-order valence-corrected chi connectivity index (χ0v) is 19.6. The minimum atomic E-state index is -0.565. The molecule has 0 atom stereocenters. The van der Waals surface area contributed by atoms with Crippen molar-refractivity contribution in [2.24, 2.45) is 0 Å². The van der Waals surface area contributed by atoms with Crippen LogP contribution in [0.3, 0.4) is 0 Å². The van der Waals surface area contributed by atoms with Crippen LogP contribution in [-0.4, -0.2) is 26.5 Å². The number of nitrogens with one attached hydrogen (secondary N) is 1. The molecule has 180 valence electrons. The number of para-hydroxylation sites is 1. The summed E-state index contributed by atoms with van der Waals surface area (Å²) in [6.45, 7) is 1.93. The molecule has 0 saturated heterocycles. The van der Waals surface area contributed by atoms with Crippen molar-refractivity contribution in [3.63, 3.8) is 0 Å². The van der Waals surface area contributed by atoms with Gasteiger partial charge in [0.25, 0.3) is 17.2 Å². The summed E-state index contributed by atoms with van der Waals surface area (Å²) in [6, 6.07) is 20.0. The Morgan fingerprint density at radius 3 is 2.19 bits per heavy atom. The van der Waals surface area contributed by atoms with Crippen LogP contribution < -0.4 is 10.1 Å². The van der Waals surface area contributed by atoms with Crippen molar-refractivity contribution < 1.29 is 18.5 Å². The lowest BCUT2D eigenvalue weighted by molar-refractivity contribution is -0.576. The van der Waals surface area contributed by atoms with E-state index in [1.807, 2.05) is 25.1 Å². The van der Waals surface area contributed by atoms with E-state index < -0.39 is 23.2 Å². The lowest BCUT2D eigenvalue weighted by Gasteiger charge is -2.14. The van der Waals surface area contributed by atoms with Gasteiger partial charge in [-0.1, -0.05) is 49.7 Å². The van der Waals surface area contributed by atoms with Crippen LogP contribution in [0.25, 0.3) is 17.0 Å². The molecule has 1 aliphatic rings. The molecule has 0 fully saturated rings. The van der Waals surface area contributed by atoms with E-state index in [0.29, 0.717) is 23.4 Å². The first-order valence-electron chi connectivity index (χ1n) is 11.7. The smallest absolute Gasteiger partial charge is 0.294 e. The number of aromatic amines is 1. The molecule has 0 unspecified atom stereocenters. The molecular formula is C28H24FN4O3+. The normalized spacial score (nSPS) is 13.7. The summed E-state index contributed by atoms with van der Waals surface area (Å²) in [5.74, 6) is -1.50. The number of aromatic nitrogens is 3. The van der Waals surface area contributed by atoms with Gasteiger partial charge in [-0.3, -0.25) is 24.4 Å². The van der Waals surface area contributed by atoms with Crippen molar-refractivity contribution >= 4 is 23.1 Å². The van der Waals surface area contributed by atoms with Gasteiger partial charge in [-0.25, -0.2) is 9.07 Å². The molecule has 3 heterocycles. The number of halogens is 1. The third-order valence-corrected chi connectivity index (χ3v) is 6.10. The highest BCUT2D eigenvalue weighted by atomic mass is 19.1. The molecule has 0 spiro atoms. The number of H-pyrrole nitrogens is 1. The second-order valence-corrected chi connectivity index (χ2v) is 8.52. The second-order valence-electron chi connectivity index (χ2n) is 8.52. The van der Waals surface area contributed by atoms with Crippen LogP contribution in [0.15, 0.2) is 90.0 Å². The third kappa shape index (κ3) is 4.07. The minimum Gasteiger partial charge on any atom is -0.294 e. The van der Waals surface area contributed by atoms with Gasteiger partial charge in [0.15, 0.2) is 12.4 Å². The molecule has 2 amide bonds. The molecule has 4 aromatic rings. The highest BCUT2D eigenvalue weighted by Crippen LogP contribution is 2.31. The van der Waals surface area contributed by atoms with Gasteiger partial charge in [-0.15, -0.1) is 0 Å². The summed E-state index contributed by atoms with van der Waals surface area (Å²) in [5, 5.41) is 3.16. The lowest BCUT2D eigenvalue weighted by atomic mass is 10.0. The molecule has 2 aromatic heterocycles. The van der Waals surface area contributed by atoms with Gasteiger partial charge >= 0.3 is 5.91 Å². The Balaban J connectivity index is 1.70. The average Bonchev–Trinajstić information content (AvgIpc) is 3.34. The van der Waals surface area contributed by atoms with E-state index in [-0.39, 0.29) is 23.4 Å². The van der Waals surface area contributed by atoms with Crippen LogP contribution in [0.5, 0.6) is 0 Å². The molecule has 1 aliphatic heterocycles. The molecule has 8 heteroatoms. The first kappa shape index (κ1) is 23.2. The first-order valence-corrected chi connectivity index (χ1v) is 11.7. The van der Waals surface area contributed by atoms with Crippen LogP contribution in [0, 0.1) is 5.82 Å². The van der Waals surface area contributed by atoms with Crippen LogP contribution >= 0.6 is 0 Å². The molecule has 2 aromatic carbocycles. The standard InChI is InChI=1S/C28H23FN4O3/c1-2-9-22-23(27(35)33(30-22)21-10-5-3-6-11-21)24-25(31-16-7-4-8-17-31)28(36)32(26(24)34)18-19-12-14-20(29)15-13-19/h3-8,10-17H,2,9,18H2,1H3/p+1. The SMILES string of the molecule is CCCc1[nH]n(-c2ccccc2)c(=O)c1C1=C([n+]2ccccc2)C(=O)N(Cc2ccc(F)cc2)C1=O. The Bertz CT molecular complexity index is 1520. The number of rotatable bonds is 7. The molecule has 0 aliphatic carbocycles. The largest absolute Gasteiger partial charge is 0.327 e. The molecular weight excluding hydrogens is 459 g/mol. The molecule has 0 radical (unpaired) electrons. The molecule has 5 rings (SSSR count). The van der Waals surface area contributed by atoms with Crippen LogP contribution in [-0.2, 0) is 22.6 Å². The fourth-order valence-corrected chi connectivity index (χ4v) is 4.42. The molecule has 0 saturated carbocycles. The fourth-order valence-electron chi connectivity index (χ4n) is 4.42. The van der Waals surface area contributed by atoms with Gasteiger partial charge in [-0.05, 0) is 36.2 Å². The zero-order chi connectivity index (χ0) is 25.2. The Kier molecular flexibility index (Phi) is 6.16. The number of carbonyl (C=O) groups excluding carboxylic acids is 2. The summed E-state index contributed by atoms with van der Waals surface area (Å²) in [4.78, 5) is 42.3. The third-order valence-electron chi connectivity index (χ3n) is 6.10. The average molecular weight is 484 g/mol. The molecule has 7 nitrogen and oxygen atoms in total. The predicted octanol–water partition coefficient (Wildman–Crippen LogP) is 3.48. The van der Waals surface area contributed by atoms with E-state index in [2.05, 4.69) is 5.10 Å². The molecule has 36 heavy (non-hydrogen) atoms. The predicted molar refractivity (Wildman–Crippen MR) is 132 cm³/mol. The van der Waals surface area contributed by atoms with Crippen molar-refractivity contribution in [1.82, 2.24) is 14.7 Å². The van der Waals surface area contributed by atoms with Gasteiger partial charge in [-0.2, -0.15) is 4.57 Å². The molecule has 0 bridgehead atoms. The number of imide groups is 1. The summed E-state index contributed by atoms with van der Waals surface area (Å²) in [7, 11) is 0. The quantitative estimate of drug-likeness (QED) is 0.323. The fraction of sp³-hybridized carbons (Fsp3) is 0.143. The van der Waals surface area contributed by atoms with Crippen LogP contribution in [0.1, 0.15) is 30.2 Å². The highest BCUT2D eigenvalue weighted by molar-refractivity contribution is 6.44. The van der Waals surface area contributed by atoms with E-state index in [1.54, 1.807) is 47.3 Å². The van der Waals surface area contributed by atoms with Crippen molar-refractivity contribution in [2.45, 2.75) is 26.3 Å². The Labute approximate surface area is 206 Å². The maximum atomic E-state index is 13.8. The topological polar surface area (TPSA) is 79.1 Å². The number of hydrogen-bond donors (Lipinski definition) is 1. The highest BCUT2D eigenvalue weighted by Gasteiger charge is 2.47. The van der Waals surface area contributed by atoms with Gasteiger partial charge in [0.2, 0.25) is 0 Å². The van der Waals surface area contributed by atoms with Crippen molar-refractivity contribution in [3.8, 4) is 5.69 Å². The van der Waals surface area contributed by atoms with Gasteiger partial charge in [0, 0.05) is 17.8 Å². The van der Waals surface area contributed by atoms with Crippen LogP contribution in [0.4, 0.5) is 4.39 Å². The van der Waals surface area contributed by atoms with E-state index in [4.69, 9.17) is 0 Å². The van der Waals surface area contributed by atoms with Crippen molar-refractivity contribution in [1.29, 1.82) is 0 Å². The second kappa shape index (κ2) is 9.58. The zero-order valence-electron chi connectivity index (χ0n) is 19.6. The number of benzene rings is 2.